The zero-order valence-electron chi connectivity index (χ0n) is 20.0. The van der Waals surface area contributed by atoms with Gasteiger partial charge in [0.05, 0.1) is 4.90 Å². The number of anilines is 1. The van der Waals surface area contributed by atoms with Crippen LogP contribution in [0.3, 0.4) is 0 Å². The maximum absolute atomic E-state index is 13.6. The van der Waals surface area contributed by atoms with Crippen molar-refractivity contribution in [3.05, 3.63) is 95.1 Å². The van der Waals surface area contributed by atoms with Crippen LogP contribution in [0.5, 0.6) is 0 Å². The molecule has 2 N–H and O–H groups in total. The van der Waals surface area contributed by atoms with Gasteiger partial charge in [0, 0.05) is 18.7 Å². The molecular weight excluding hydrogens is 446 g/mol. The van der Waals surface area contributed by atoms with Crippen molar-refractivity contribution in [3.8, 4) is 0 Å². The highest BCUT2D eigenvalue weighted by atomic mass is 32.2. The van der Waals surface area contributed by atoms with E-state index in [-0.39, 0.29) is 5.91 Å². The molecule has 3 rings (SSSR count). The molecule has 6 nitrogen and oxygen atoms in total. The minimum Gasteiger partial charge on any atom is -0.325 e. The third-order valence-corrected chi connectivity index (χ3v) is 6.98. The number of nitrogens with one attached hydrogen (secondary N) is 2. The van der Waals surface area contributed by atoms with E-state index < -0.39 is 23.1 Å². The number of carbonyl (C=O) groups is 2. The Labute approximate surface area is 204 Å². The fraction of sp³-hybridized carbons (Fsp3) is 0.259. The topological polar surface area (TPSA) is 78.5 Å². The summed E-state index contributed by atoms with van der Waals surface area (Å²) in [5.74, 6) is -0.230. The van der Waals surface area contributed by atoms with Gasteiger partial charge in [0.15, 0.2) is 11.0 Å². The van der Waals surface area contributed by atoms with Crippen molar-refractivity contribution in [3.63, 3.8) is 0 Å². The first kappa shape index (κ1) is 25.2. The molecule has 3 amide bonds. The lowest BCUT2D eigenvalue weighted by molar-refractivity contribution is -0.120. The Balaban J connectivity index is 1.83. The summed E-state index contributed by atoms with van der Waals surface area (Å²) in [6.45, 7) is 8.21. The van der Waals surface area contributed by atoms with Gasteiger partial charge < -0.3 is 10.2 Å². The van der Waals surface area contributed by atoms with E-state index in [2.05, 4.69) is 10.0 Å². The highest BCUT2D eigenvalue weighted by Crippen LogP contribution is 2.20. The Bertz CT molecular complexity index is 1180. The Morgan fingerprint density at radius 2 is 1.56 bits per heavy atom. The third-order valence-electron chi connectivity index (χ3n) is 5.75. The second-order valence-electron chi connectivity index (χ2n) is 8.20. The maximum Gasteiger partial charge on any atom is 0.327 e. The maximum atomic E-state index is 13.6. The van der Waals surface area contributed by atoms with E-state index in [0.717, 1.165) is 27.9 Å². The van der Waals surface area contributed by atoms with Crippen molar-refractivity contribution in [2.24, 2.45) is 0 Å². The molecule has 2 atom stereocenters. The molecule has 0 aliphatic heterocycles. The van der Waals surface area contributed by atoms with Gasteiger partial charge in [0.1, 0.15) is 6.04 Å². The monoisotopic (exact) mass is 477 g/mol. The molecule has 0 spiro atoms. The van der Waals surface area contributed by atoms with Crippen molar-refractivity contribution in [2.45, 2.75) is 45.1 Å². The minimum atomic E-state index is -1.74. The Morgan fingerprint density at radius 3 is 2.21 bits per heavy atom. The van der Waals surface area contributed by atoms with Crippen LogP contribution in [0, 0.1) is 20.8 Å². The van der Waals surface area contributed by atoms with Crippen LogP contribution in [0.2, 0.25) is 0 Å². The van der Waals surface area contributed by atoms with Gasteiger partial charge in [-0.05, 0) is 68.1 Å². The molecule has 3 aromatic rings. The van der Waals surface area contributed by atoms with Gasteiger partial charge in [-0.25, -0.2) is 9.00 Å². The molecule has 0 saturated heterocycles. The second kappa shape index (κ2) is 11.6. The molecule has 0 heterocycles. The smallest absolute Gasteiger partial charge is 0.325 e. The summed E-state index contributed by atoms with van der Waals surface area (Å²) in [5.41, 5.74) is 4.73. The van der Waals surface area contributed by atoms with E-state index in [1.54, 1.807) is 17.0 Å². The first-order chi connectivity index (χ1) is 16.3. The van der Waals surface area contributed by atoms with Gasteiger partial charge in [-0.1, -0.05) is 54.6 Å². The number of amides is 3. The number of carbonyl (C=O) groups excluding carboxylic acids is 2. The zero-order chi connectivity index (χ0) is 24.7. The number of hydrogen-bond acceptors (Lipinski definition) is 3. The summed E-state index contributed by atoms with van der Waals surface area (Å²) in [5, 5.41) is 2.76. The molecule has 0 aliphatic carbocycles. The standard InChI is InChI=1S/C27H31N3O3S/c1-5-30(23-16-15-19(2)21(4)17-23)26(31)24(18-22-12-7-6-8-13-22)28-27(32)29-34(33)25-14-10-9-11-20(25)3/h6-17,24H,5,18H2,1-4H3,(H2,28,29,32). The van der Waals surface area contributed by atoms with Crippen LogP contribution >= 0.6 is 0 Å². The lowest BCUT2D eigenvalue weighted by Crippen LogP contribution is -2.52. The summed E-state index contributed by atoms with van der Waals surface area (Å²) in [4.78, 5) is 28.6. The predicted molar refractivity (Wildman–Crippen MR) is 137 cm³/mol. The fourth-order valence-corrected chi connectivity index (χ4v) is 4.59. The minimum absolute atomic E-state index is 0.230. The first-order valence-corrected chi connectivity index (χ1v) is 12.4. The number of rotatable bonds is 8. The number of likely N-dealkylation sites (N-methyl/N-ethyl adjacent to an activating group) is 1. The highest BCUT2D eigenvalue weighted by Gasteiger charge is 2.27. The molecular formula is C27H31N3O3S. The molecule has 0 radical (unpaired) electrons. The molecule has 0 saturated carbocycles. The van der Waals surface area contributed by atoms with Crippen molar-refractivity contribution in [2.75, 3.05) is 11.4 Å². The van der Waals surface area contributed by atoms with Gasteiger partial charge in [-0.2, -0.15) is 0 Å². The molecule has 34 heavy (non-hydrogen) atoms. The fourth-order valence-electron chi connectivity index (χ4n) is 3.69. The number of benzene rings is 3. The normalized spacial score (nSPS) is 12.5. The van der Waals surface area contributed by atoms with Crippen molar-refractivity contribution < 1.29 is 13.8 Å². The molecule has 178 valence electrons. The SMILES string of the molecule is CCN(C(=O)C(Cc1ccccc1)NC(=O)NS(=O)c1ccccc1C)c1ccc(C)c(C)c1. The number of urea groups is 1. The van der Waals surface area contributed by atoms with Crippen molar-refractivity contribution in [1.82, 2.24) is 10.0 Å². The van der Waals surface area contributed by atoms with E-state index in [0.29, 0.717) is 17.9 Å². The van der Waals surface area contributed by atoms with Gasteiger partial charge in [-0.15, -0.1) is 0 Å². The summed E-state index contributed by atoms with van der Waals surface area (Å²) in [6.07, 6.45) is 0.311. The molecule has 0 fully saturated rings. The molecule has 0 aromatic heterocycles. The summed E-state index contributed by atoms with van der Waals surface area (Å²) >= 11 is 0. The lowest BCUT2D eigenvalue weighted by Gasteiger charge is -2.27. The van der Waals surface area contributed by atoms with E-state index in [9.17, 15) is 13.8 Å². The zero-order valence-corrected chi connectivity index (χ0v) is 20.8. The summed E-state index contributed by atoms with van der Waals surface area (Å²) in [7, 11) is -1.74. The van der Waals surface area contributed by atoms with Crippen LogP contribution in [0.25, 0.3) is 0 Å². The van der Waals surface area contributed by atoms with E-state index >= 15 is 0 Å². The van der Waals surface area contributed by atoms with Crippen LogP contribution in [-0.4, -0.2) is 28.7 Å². The van der Waals surface area contributed by atoms with Gasteiger partial charge in [0.25, 0.3) is 0 Å². The van der Waals surface area contributed by atoms with Crippen LogP contribution < -0.4 is 14.9 Å². The van der Waals surface area contributed by atoms with Crippen molar-refractivity contribution >= 4 is 28.6 Å². The first-order valence-electron chi connectivity index (χ1n) is 11.3. The predicted octanol–water partition coefficient (Wildman–Crippen LogP) is 4.60. The largest absolute Gasteiger partial charge is 0.327 e. The highest BCUT2D eigenvalue weighted by molar-refractivity contribution is 7.83. The number of hydrogen-bond donors (Lipinski definition) is 2. The van der Waals surface area contributed by atoms with Gasteiger partial charge >= 0.3 is 6.03 Å². The average molecular weight is 478 g/mol. The average Bonchev–Trinajstić information content (AvgIpc) is 2.82. The van der Waals surface area contributed by atoms with E-state index in [1.807, 2.05) is 88.4 Å². The molecule has 0 bridgehead atoms. The van der Waals surface area contributed by atoms with Gasteiger partial charge in [-0.3, -0.25) is 9.52 Å². The van der Waals surface area contributed by atoms with Gasteiger partial charge in [0.2, 0.25) is 5.91 Å². The molecule has 2 unspecified atom stereocenters. The number of aryl methyl sites for hydroxylation is 3. The van der Waals surface area contributed by atoms with E-state index in [4.69, 9.17) is 0 Å². The van der Waals surface area contributed by atoms with Crippen LogP contribution in [0.4, 0.5) is 10.5 Å². The summed E-state index contributed by atoms with van der Waals surface area (Å²) < 4.78 is 15.2. The van der Waals surface area contributed by atoms with E-state index in [1.165, 1.54) is 0 Å². The third kappa shape index (κ3) is 6.32. The van der Waals surface area contributed by atoms with Crippen LogP contribution in [0.1, 0.15) is 29.2 Å². The van der Waals surface area contributed by atoms with Crippen molar-refractivity contribution in [1.29, 1.82) is 0 Å². The molecule has 0 aliphatic rings. The number of nitrogens with zero attached hydrogens (tertiary/aromatic N) is 1. The quantitative estimate of drug-likeness (QED) is 0.498. The Kier molecular flexibility index (Phi) is 8.60. The Morgan fingerprint density at radius 1 is 0.882 bits per heavy atom. The summed E-state index contributed by atoms with van der Waals surface area (Å²) in [6, 6.07) is 21.0. The molecule has 7 heteroatoms. The molecule has 3 aromatic carbocycles. The second-order valence-corrected chi connectivity index (χ2v) is 9.38. The van der Waals surface area contributed by atoms with Crippen LogP contribution in [-0.2, 0) is 22.2 Å². The van der Waals surface area contributed by atoms with Crippen LogP contribution in [0.15, 0.2) is 77.7 Å². The Hall–Kier alpha value is -3.45. The lowest BCUT2D eigenvalue weighted by atomic mass is 10.0.